The lowest BCUT2D eigenvalue weighted by Crippen LogP contribution is -2.36. The zero-order chi connectivity index (χ0) is 27.9. The number of aromatic nitrogens is 3. The first kappa shape index (κ1) is 27.2. The van der Waals surface area contributed by atoms with Crippen molar-refractivity contribution in [3.63, 3.8) is 0 Å². The van der Waals surface area contributed by atoms with Gasteiger partial charge in [0, 0.05) is 59.1 Å². The number of fused-ring (bicyclic) bond motifs is 1. The lowest BCUT2D eigenvalue weighted by molar-refractivity contribution is -0.111. The van der Waals surface area contributed by atoms with Gasteiger partial charge in [-0.2, -0.15) is 0 Å². The fourth-order valence-electron chi connectivity index (χ4n) is 4.69. The van der Waals surface area contributed by atoms with Crippen LogP contribution in [0.25, 0.3) is 22.2 Å². The first-order valence-electron chi connectivity index (χ1n) is 13.6. The quantitative estimate of drug-likeness (QED) is 0.257. The topological polar surface area (TPSA) is 98.3 Å². The molecule has 3 heterocycles. The Morgan fingerprint density at radius 1 is 1.02 bits per heavy atom. The molecule has 40 heavy (non-hydrogen) atoms. The number of piperidine rings is 1. The number of benzene rings is 2. The second-order valence-electron chi connectivity index (χ2n) is 10.4. The van der Waals surface area contributed by atoms with Crippen molar-refractivity contribution in [1.29, 1.82) is 0 Å². The molecule has 0 unspecified atom stereocenters. The van der Waals surface area contributed by atoms with Crippen molar-refractivity contribution in [3.05, 3.63) is 79.1 Å². The number of nitrogens with zero attached hydrogens (tertiary/aromatic N) is 5. The summed E-state index contributed by atoms with van der Waals surface area (Å²) in [6.07, 6.45) is 9.23. The average molecular weight is 537 g/mol. The summed E-state index contributed by atoms with van der Waals surface area (Å²) in [5.74, 6) is 0.319. The van der Waals surface area contributed by atoms with E-state index >= 15 is 0 Å². The van der Waals surface area contributed by atoms with Gasteiger partial charge in [-0.05, 0) is 89.5 Å². The second kappa shape index (κ2) is 12.7. The number of rotatable bonds is 9. The predicted octanol–water partition coefficient (Wildman–Crippen LogP) is 5.00. The molecule has 1 amide bonds. The molecule has 5 rings (SSSR count). The summed E-state index contributed by atoms with van der Waals surface area (Å²) in [5, 5.41) is 10.8. The summed E-state index contributed by atoms with van der Waals surface area (Å²) >= 11 is 0. The number of pyridine rings is 1. The Kier molecular flexibility index (Phi) is 8.63. The van der Waals surface area contributed by atoms with E-state index in [2.05, 4.69) is 50.0 Å². The normalized spacial score (nSPS) is 14.6. The molecule has 1 saturated heterocycles. The maximum absolute atomic E-state index is 12.3. The van der Waals surface area contributed by atoms with E-state index in [0.717, 1.165) is 59.5 Å². The van der Waals surface area contributed by atoms with E-state index in [0.29, 0.717) is 24.2 Å². The second-order valence-corrected chi connectivity index (χ2v) is 10.4. The number of nitrogens with one attached hydrogen (secondary N) is 3. The van der Waals surface area contributed by atoms with Gasteiger partial charge in [-0.3, -0.25) is 9.78 Å². The Labute approximate surface area is 235 Å². The molecule has 0 aliphatic carbocycles. The van der Waals surface area contributed by atoms with E-state index in [-0.39, 0.29) is 5.91 Å². The molecular weight excluding hydrogens is 500 g/mol. The number of hydrogen-bond acceptors (Lipinski definition) is 8. The maximum atomic E-state index is 12.3. The van der Waals surface area contributed by atoms with E-state index < -0.39 is 0 Å². The van der Waals surface area contributed by atoms with Gasteiger partial charge in [-0.15, -0.1) is 0 Å². The van der Waals surface area contributed by atoms with Gasteiger partial charge in [-0.1, -0.05) is 18.2 Å². The van der Waals surface area contributed by atoms with Crippen LogP contribution in [0.4, 0.5) is 23.0 Å². The van der Waals surface area contributed by atoms with Crippen molar-refractivity contribution in [1.82, 2.24) is 24.8 Å². The standard InChI is InChI=1S/C31H36N8O/c1-38(2)17-5-8-28(40)35-27-7-4-6-22(20-27)29-30-23(13-16-32-29)21-33-31(37-30)36-25-11-9-24(10-12-25)34-26-14-18-39(3)19-15-26/h4-13,16,20-21,26,34H,14-15,17-19H2,1-3H3,(H,35,40)(H,33,36,37)/b8-5+. The van der Waals surface area contributed by atoms with Gasteiger partial charge in [0.05, 0.1) is 5.69 Å². The Balaban J connectivity index is 1.30. The third-order valence-corrected chi connectivity index (χ3v) is 6.87. The van der Waals surface area contributed by atoms with Crippen LogP contribution in [0.1, 0.15) is 12.8 Å². The first-order valence-corrected chi connectivity index (χ1v) is 13.6. The Hall–Kier alpha value is -4.34. The monoisotopic (exact) mass is 536 g/mol. The summed E-state index contributed by atoms with van der Waals surface area (Å²) in [5.41, 5.74) is 5.03. The van der Waals surface area contributed by atoms with Crippen LogP contribution in [-0.4, -0.2) is 77.5 Å². The molecule has 0 bridgehead atoms. The van der Waals surface area contributed by atoms with E-state index in [1.54, 1.807) is 18.5 Å². The molecule has 0 saturated carbocycles. The predicted molar refractivity (Wildman–Crippen MR) is 163 cm³/mol. The lowest BCUT2D eigenvalue weighted by atomic mass is 10.1. The third kappa shape index (κ3) is 7.19. The fourth-order valence-corrected chi connectivity index (χ4v) is 4.69. The van der Waals surface area contributed by atoms with Gasteiger partial charge < -0.3 is 25.8 Å². The van der Waals surface area contributed by atoms with E-state index in [4.69, 9.17) is 4.98 Å². The first-order chi connectivity index (χ1) is 19.4. The number of carbonyl (C=O) groups is 1. The van der Waals surface area contributed by atoms with Crippen LogP contribution in [0, 0.1) is 0 Å². The largest absolute Gasteiger partial charge is 0.382 e. The summed E-state index contributed by atoms with van der Waals surface area (Å²) in [7, 11) is 6.09. The molecule has 4 aromatic rings. The molecule has 206 valence electrons. The molecule has 0 radical (unpaired) electrons. The molecule has 2 aromatic heterocycles. The zero-order valence-corrected chi connectivity index (χ0v) is 23.3. The molecule has 3 N–H and O–H groups in total. The fraction of sp³-hybridized carbons (Fsp3) is 0.290. The number of amides is 1. The van der Waals surface area contributed by atoms with Crippen LogP contribution in [-0.2, 0) is 4.79 Å². The third-order valence-electron chi connectivity index (χ3n) is 6.87. The Bertz CT molecular complexity index is 1480. The minimum Gasteiger partial charge on any atom is -0.382 e. The zero-order valence-electron chi connectivity index (χ0n) is 23.3. The smallest absolute Gasteiger partial charge is 0.248 e. The Morgan fingerprint density at radius 3 is 2.58 bits per heavy atom. The van der Waals surface area contributed by atoms with Crippen molar-refractivity contribution in [2.24, 2.45) is 0 Å². The van der Waals surface area contributed by atoms with Crippen molar-refractivity contribution in [3.8, 4) is 11.3 Å². The number of anilines is 4. The Morgan fingerprint density at radius 2 is 1.80 bits per heavy atom. The summed E-state index contributed by atoms with van der Waals surface area (Å²) < 4.78 is 0. The van der Waals surface area contributed by atoms with Gasteiger partial charge >= 0.3 is 0 Å². The van der Waals surface area contributed by atoms with E-state index in [9.17, 15) is 4.79 Å². The molecule has 2 aromatic carbocycles. The van der Waals surface area contributed by atoms with Gasteiger partial charge in [-0.25, -0.2) is 9.97 Å². The minimum atomic E-state index is -0.175. The van der Waals surface area contributed by atoms with Crippen LogP contribution in [0.2, 0.25) is 0 Å². The molecular formula is C31H36N8O. The summed E-state index contributed by atoms with van der Waals surface area (Å²) in [6.45, 7) is 2.95. The van der Waals surface area contributed by atoms with Crippen LogP contribution in [0.3, 0.4) is 0 Å². The van der Waals surface area contributed by atoms with Crippen LogP contribution < -0.4 is 16.0 Å². The van der Waals surface area contributed by atoms with Crippen LogP contribution in [0.5, 0.6) is 0 Å². The number of likely N-dealkylation sites (tertiary alicyclic amines) is 1. The highest BCUT2D eigenvalue weighted by Crippen LogP contribution is 2.28. The van der Waals surface area contributed by atoms with Crippen molar-refractivity contribution < 1.29 is 4.79 Å². The minimum absolute atomic E-state index is 0.175. The molecule has 9 nitrogen and oxygen atoms in total. The molecule has 1 aliphatic rings. The highest BCUT2D eigenvalue weighted by molar-refractivity contribution is 6.00. The van der Waals surface area contributed by atoms with Crippen LogP contribution >= 0.6 is 0 Å². The highest BCUT2D eigenvalue weighted by atomic mass is 16.1. The van der Waals surface area contributed by atoms with Gasteiger partial charge in [0.1, 0.15) is 5.52 Å². The number of hydrogen-bond donors (Lipinski definition) is 3. The van der Waals surface area contributed by atoms with E-state index in [1.807, 2.05) is 67.5 Å². The molecule has 9 heteroatoms. The van der Waals surface area contributed by atoms with Gasteiger partial charge in [0.25, 0.3) is 0 Å². The van der Waals surface area contributed by atoms with Gasteiger partial charge in [0.15, 0.2) is 0 Å². The van der Waals surface area contributed by atoms with Gasteiger partial charge in [0.2, 0.25) is 11.9 Å². The SMILES string of the molecule is CN(C)C/C=C/C(=O)Nc1cccc(-c2nccc3cnc(Nc4ccc(NC5CCN(C)CC5)cc4)nc23)c1. The van der Waals surface area contributed by atoms with E-state index in [1.165, 1.54) is 0 Å². The van der Waals surface area contributed by atoms with Crippen LogP contribution in [0.15, 0.2) is 79.1 Å². The molecule has 1 fully saturated rings. The van der Waals surface area contributed by atoms with Crippen molar-refractivity contribution in [2.75, 3.05) is 56.7 Å². The summed E-state index contributed by atoms with van der Waals surface area (Å²) in [6, 6.07) is 18.3. The highest BCUT2D eigenvalue weighted by Gasteiger charge is 2.16. The van der Waals surface area contributed by atoms with Crippen molar-refractivity contribution >= 4 is 39.8 Å². The molecule has 0 atom stereocenters. The number of carbonyl (C=O) groups excluding carboxylic acids is 1. The average Bonchev–Trinajstić information content (AvgIpc) is 2.95. The van der Waals surface area contributed by atoms with Crippen molar-refractivity contribution in [2.45, 2.75) is 18.9 Å². The maximum Gasteiger partial charge on any atom is 0.248 e. The molecule has 1 aliphatic heterocycles. The summed E-state index contributed by atoms with van der Waals surface area (Å²) in [4.78, 5) is 30.7. The number of likely N-dealkylation sites (N-methyl/N-ethyl adjacent to an activating group) is 1. The lowest BCUT2D eigenvalue weighted by Gasteiger charge is -2.30. The molecule has 0 spiro atoms.